The highest BCUT2D eigenvalue weighted by Gasteiger charge is 2.30. The predicted octanol–water partition coefficient (Wildman–Crippen LogP) is 3.39. The molecule has 2 amide bonds. The fraction of sp³-hybridized carbons (Fsp3) is 0.524. The molecule has 0 aromatic carbocycles. The molecular formula is C21H29N3O3S. The lowest BCUT2D eigenvalue weighted by molar-refractivity contribution is -0.126. The van der Waals surface area contributed by atoms with Crippen molar-refractivity contribution < 1.29 is 14.0 Å². The second kappa shape index (κ2) is 9.89. The molecule has 1 saturated heterocycles. The SMILES string of the molecule is CCN(CC)C(CNC(=O)C1CCCN(C(=O)c2ccoc2)C1)c1ccsc1. The van der Waals surface area contributed by atoms with Crippen LogP contribution in [0.2, 0.25) is 0 Å². The molecule has 0 saturated carbocycles. The Morgan fingerprint density at radius 2 is 2.18 bits per heavy atom. The highest BCUT2D eigenvalue weighted by molar-refractivity contribution is 7.07. The topological polar surface area (TPSA) is 65.8 Å². The molecule has 2 aromatic rings. The van der Waals surface area contributed by atoms with E-state index in [9.17, 15) is 9.59 Å². The van der Waals surface area contributed by atoms with Crippen molar-refractivity contribution in [1.82, 2.24) is 15.1 Å². The van der Waals surface area contributed by atoms with Gasteiger partial charge in [-0.15, -0.1) is 0 Å². The van der Waals surface area contributed by atoms with Crippen LogP contribution < -0.4 is 5.32 Å². The van der Waals surface area contributed by atoms with Gasteiger partial charge in [-0.2, -0.15) is 11.3 Å². The number of furan rings is 1. The molecule has 1 aliphatic rings. The van der Waals surface area contributed by atoms with E-state index in [4.69, 9.17) is 4.42 Å². The van der Waals surface area contributed by atoms with Gasteiger partial charge in [0.25, 0.3) is 5.91 Å². The lowest BCUT2D eigenvalue weighted by atomic mass is 9.96. The van der Waals surface area contributed by atoms with Crippen LogP contribution in [0.1, 0.15) is 48.7 Å². The van der Waals surface area contributed by atoms with Crippen molar-refractivity contribution >= 4 is 23.2 Å². The standard InChI is InChI=1S/C21H29N3O3S/c1-3-23(4-2)19(18-8-11-28-15-18)12-22-20(25)16-6-5-9-24(13-16)21(26)17-7-10-27-14-17/h7-8,10-11,14-16,19H,3-6,9,12-13H2,1-2H3,(H,22,25). The highest BCUT2D eigenvalue weighted by atomic mass is 32.1. The van der Waals surface area contributed by atoms with Crippen molar-refractivity contribution in [1.29, 1.82) is 0 Å². The first-order valence-corrected chi connectivity index (χ1v) is 10.9. The average Bonchev–Trinajstić information content (AvgIpc) is 3.44. The first-order chi connectivity index (χ1) is 13.6. The van der Waals surface area contributed by atoms with Crippen molar-refractivity contribution in [3.63, 3.8) is 0 Å². The summed E-state index contributed by atoms with van der Waals surface area (Å²) in [5.41, 5.74) is 1.79. The van der Waals surface area contributed by atoms with Crippen molar-refractivity contribution in [3.05, 3.63) is 46.5 Å². The Kier molecular flexibility index (Phi) is 7.28. The number of carbonyl (C=O) groups excluding carboxylic acids is 2. The molecule has 3 rings (SSSR count). The summed E-state index contributed by atoms with van der Waals surface area (Å²) in [5.74, 6) is -0.188. The van der Waals surface area contributed by atoms with Gasteiger partial charge in [0.1, 0.15) is 6.26 Å². The van der Waals surface area contributed by atoms with Crippen LogP contribution in [0.3, 0.4) is 0 Å². The van der Waals surface area contributed by atoms with E-state index in [0.29, 0.717) is 25.2 Å². The van der Waals surface area contributed by atoms with E-state index in [0.717, 1.165) is 25.9 Å². The number of nitrogens with zero attached hydrogens (tertiary/aromatic N) is 2. The van der Waals surface area contributed by atoms with Crippen LogP contribution in [0.15, 0.2) is 39.8 Å². The molecule has 1 N–H and O–H groups in total. The van der Waals surface area contributed by atoms with E-state index < -0.39 is 0 Å². The smallest absolute Gasteiger partial charge is 0.257 e. The molecule has 0 bridgehead atoms. The number of carbonyl (C=O) groups is 2. The number of likely N-dealkylation sites (N-methyl/N-ethyl adjacent to an activating group) is 1. The second-order valence-corrected chi connectivity index (χ2v) is 7.92. The fourth-order valence-electron chi connectivity index (χ4n) is 3.87. The molecule has 3 heterocycles. The minimum absolute atomic E-state index is 0.0390. The molecule has 152 valence electrons. The molecule has 6 nitrogen and oxygen atoms in total. The van der Waals surface area contributed by atoms with Gasteiger partial charge in [-0.25, -0.2) is 0 Å². The van der Waals surface area contributed by atoms with E-state index >= 15 is 0 Å². The van der Waals surface area contributed by atoms with Gasteiger partial charge in [0.2, 0.25) is 5.91 Å². The molecule has 2 aromatic heterocycles. The molecule has 2 unspecified atom stereocenters. The van der Waals surface area contributed by atoms with Gasteiger partial charge in [0.15, 0.2) is 0 Å². The third-order valence-corrected chi connectivity index (χ3v) is 6.20. The summed E-state index contributed by atoms with van der Waals surface area (Å²) < 4.78 is 5.01. The Morgan fingerprint density at radius 3 is 2.82 bits per heavy atom. The maximum absolute atomic E-state index is 12.8. The average molecular weight is 404 g/mol. The number of amides is 2. The van der Waals surface area contributed by atoms with Crippen LogP contribution >= 0.6 is 11.3 Å². The first kappa shape index (κ1) is 20.6. The zero-order valence-corrected chi connectivity index (χ0v) is 17.4. The van der Waals surface area contributed by atoms with Gasteiger partial charge in [0, 0.05) is 19.6 Å². The third-order valence-electron chi connectivity index (χ3n) is 5.50. The normalized spacial score (nSPS) is 18.2. The Balaban J connectivity index is 1.59. The minimum Gasteiger partial charge on any atom is -0.472 e. The van der Waals surface area contributed by atoms with Gasteiger partial charge < -0.3 is 14.6 Å². The van der Waals surface area contributed by atoms with Crippen LogP contribution in [-0.2, 0) is 4.79 Å². The largest absolute Gasteiger partial charge is 0.472 e. The number of piperidine rings is 1. The number of rotatable bonds is 8. The first-order valence-electron chi connectivity index (χ1n) is 9.99. The van der Waals surface area contributed by atoms with Gasteiger partial charge in [0.05, 0.1) is 23.8 Å². The molecule has 1 fully saturated rings. The van der Waals surface area contributed by atoms with E-state index in [-0.39, 0.29) is 23.8 Å². The summed E-state index contributed by atoms with van der Waals surface area (Å²) in [4.78, 5) is 29.5. The van der Waals surface area contributed by atoms with Gasteiger partial charge in [-0.05, 0) is 54.4 Å². The molecule has 7 heteroatoms. The van der Waals surface area contributed by atoms with Crippen molar-refractivity contribution in [2.24, 2.45) is 5.92 Å². The zero-order chi connectivity index (χ0) is 19.9. The maximum atomic E-state index is 12.8. The van der Waals surface area contributed by atoms with E-state index in [1.54, 1.807) is 22.3 Å². The Bertz CT molecular complexity index is 741. The minimum atomic E-state index is -0.163. The Morgan fingerprint density at radius 1 is 1.36 bits per heavy atom. The summed E-state index contributed by atoms with van der Waals surface area (Å²) in [7, 11) is 0. The summed E-state index contributed by atoms with van der Waals surface area (Å²) in [6, 6.07) is 3.98. The third kappa shape index (κ3) is 4.83. The van der Waals surface area contributed by atoms with Crippen LogP contribution in [0.5, 0.6) is 0 Å². The summed E-state index contributed by atoms with van der Waals surface area (Å²) >= 11 is 1.68. The van der Waals surface area contributed by atoms with E-state index in [2.05, 4.69) is 40.9 Å². The van der Waals surface area contributed by atoms with Gasteiger partial charge in [-0.1, -0.05) is 13.8 Å². The quantitative estimate of drug-likeness (QED) is 0.734. The van der Waals surface area contributed by atoms with Crippen LogP contribution in [0, 0.1) is 5.92 Å². The lowest BCUT2D eigenvalue weighted by Gasteiger charge is -2.33. The number of hydrogen-bond donors (Lipinski definition) is 1. The summed E-state index contributed by atoms with van der Waals surface area (Å²) in [6.45, 7) is 7.89. The van der Waals surface area contributed by atoms with Crippen molar-refractivity contribution in [3.8, 4) is 0 Å². The predicted molar refractivity (Wildman–Crippen MR) is 110 cm³/mol. The molecule has 0 radical (unpaired) electrons. The van der Waals surface area contributed by atoms with Gasteiger partial charge >= 0.3 is 0 Å². The monoisotopic (exact) mass is 403 g/mol. The van der Waals surface area contributed by atoms with Crippen molar-refractivity contribution in [2.45, 2.75) is 32.7 Å². The van der Waals surface area contributed by atoms with Crippen LogP contribution in [0.4, 0.5) is 0 Å². The summed E-state index contributed by atoms with van der Waals surface area (Å²) in [6.07, 6.45) is 4.61. The number of hydrogen-bond acceptors (Lipinski definition) is 5. The number of likely N-dealkylation sites (tertiary alicyclic amines) is 1. The highest BCUT2D eigenvalue weighted by Crippen LogP contribution is 2.23. The Hall–Kier alpha value is -2.12. The van der Waals surface area contributed by atoms with Crippen LogP contribution in [0.25, 0.3) is 0 Å². The molecule has 28 heavy (non-hydrogen) atoms. The molecule has 0 aliphatic carbocycles. The number of nitrogens with one attached hydrogen (secondary N) is 1. The summed E-state index contributed by atoms with van der Waals surface area (Å²) in [5, 5.41) is 7.38. The zero-order valence-electron chi connectivity index (χ0n) is 16.6. The fourth-order valence-corrected chi connectivity index (χ4v) is 4.58. The maximum Gasteiger partial charge on any atom is 0.257 e. The second-order valence-electron chi connectivity index (χ2n) is 7.14. The molecule has 1 aliphatic heterocycles. The Labute approximate surface area is 170 Å². The molecular weight excluding hydrogens is 374 g/mol. The number of thiophene rings is 1. The molecule has 0 spiro atoms. The lowest BCUT2D eigenvalue weighted by Crippen LogP contribution is -2.47. The van der Waals surface area contributed by atoms with Crippen molar-refractivity contribution in [2.75, 3.05) is 32.7 Å². The van der Waals surface area contributed by atoms with Crippen LogP contribution in [-0.4, -0.2) is 54.3 Å². The van der Waals surface area contributed by atoms with E-state index in [1.165, 1.54) is 18.1 Å². The van der Waals surface area contributed by atoms with Gasteiger partial charge in [-0.3, -0.25) is 14.5 Å². The van der Waals surface area contributed by atoms with E-state index in [1.807, 2.05) is 0 Å². The molecule has 2 atom stereocenters.